The first-order valence-electron chi connectivity index (χ1n) is 9.01. The van der Waals surface area contributed by atoms with E-state index in [1.165, 1.54) is 0 Å². The number of hydrogen-bond acceptors (Lipinski definition) is 3. The molecule has 142 valence electrons. The van der Waals surface area contributed by atoms with Crippen LogP contribution in [0.3, 0.4) is 0 Å². The summed E-state index contributed by atoms with van der Waals surface area (Å²) in [6.45, 7) is 4.13. The van der Waals surface area contributed by atoms with Crippen LogP contribution in [0.25, 0.3) is 0 Å². The van der Waals surface area contributed by atoms with E-state index in [1.54, 1.807) is 18.2 Å². The molecule has 0 spiro atoms. The minimum absolute atomic E-state index is 0.0168. The lowest BCUT2D eigenvalue weighted by Crippen LogP contribution is -2.39. The minimum Gasteiger partial charge on any atom is -0.489 e. The molecule has 0 aliphatic heterocycles. The Balaban J connectivity index is 1.66. The SMILES string of the molecule is CC(C)Oc1ccccc1NC(=O)C1(C(=O)NCc2ccccc2Cl)CC1. The van der Waals surface area contributed by atoms with Gasteiger partial charge >= 0.3 is 0 Å². The highest BCUT2D eigenvalue weighted by Crippen LogP contribution is 2.47. The molecule has 2 aromatic rings. The molecule has 0 saturated heterocycles. The smallest absolute Gasteiger partial charge is 0.240 e. The average Bonchev–Trinajstić information content (AvgIpc) is 3.44. The van der Waals surface area contributed by atoms with Crippen LogP contribution in [0.15, 0.2) is 48.5 Å². The molecular formula is C21H23ClN2O3. The lowest BCUT2D eigenvalue weighted by atomic mass is 10.0. The van der Waals surface area contributed by atoms with E-state index >= 15 is 0 Å². The van der Waals surface area contributed by atoms with E-state index in [9.17, 15) is 9.59 Å². The number of nitrogens with one attached hydrogen (secondary N) is 2. The fourth-order valence-electron chi connectivity index (χ4n) is 2.84. The van der Waals surface area contributed by atoms with Gasteiger partial charge in [0.1, 0.15) is 11.2 Å². The first-order chi connectivity index (χ1) is 12.9. The van der Waals surface area contributed by atoms with E-state index in [0.29, 0.717) is 35.8 Å². The Kier molecular flexibility index (Phi) is 5.71. The maximum absolute atomic E-state index is 12.8. The van der Waals surface area contributed by atoms with Crippen LogP contribution in [0.2, 0.25) is 5.02 Å². The summed E-state index contributed by atoms with van der Waals surface area (Å²) in [5.41, 5.74) is 0.368. The highest BCUT2D eigenvalue weighted by molar-refractivity contribution is 6.31. The van der Waals surface area contributed by atoms with Crippen LogP contribution in [-0.4, -0.2) is 17.9 Å². The number of halogens is 1. The average molecular weight is 387 g/mol. The van der Waals surface area contributed by atoms with Crippen LogP contribution in [0.5, 0.6) is 5.75 Å². The summed E-state index contributed by atoms with van der Waals surface area (Å²) in [6, 6.07) is 14.5. The van der Waals surface area contributed by atoms with Gasteiger partial charge in [0.25, 0.3) is 0 Å². The molecule has 0 heterocycles. The van der Waals surface area contributed by atoms with Gasteiger partial charge in [0, 0.05) is 11.6 Å². The molecule has 0 unspecified atom stereocenters. The largest absolute Gasteiger partial charge is 0.489 e. The number of amides is 2. The first kappa shape index (κ1) is 19.2. The maximum Gasteiger partial charge on any atom is 0.240 e. The molecule has 27 heavy (non-hydrogen) atoms. The second-order valence-corrected chi connectivity index (χ2v) is 7.38. The lowest BCUT2D eigenvalue weighted by Gasteiger charge is -2.18. The zero-order valence-electron chi connectivity index (χ0n) is 15.4. The molecule has 0 bridgehead atoms. The summed E-state index contributed by atoms with van der Waals surface area (Å²) >= 11 is 6.12. The van der Waals surface area contributed by atoms with Gasteiger partial charge in [0.15, 0.2) is 0 Å². The number of carbonyl (C=O) groups is 2. The summed E-state index contributed by atoms with van der Waals surface area (Å²) in [5, 5.41) is 6.29. The van der Waals surface area contributed by atoms with E-state index in [2.05, 4.69) is 10.6 Å². The van der Waals surface area contributed by atoms with Gasteiger partial charge < -0.3 is 15.4 Å². The second-order valence-electron chi connectivity index (χ2n) is 6.97. The fourth-order valence-corrected chi connectivity index (χ4v) is 3.04. The third-order valence-corrected chi connectivity index (χ3v) is 4.88. The van der Waals surface area contributed by atoms with Crippen molar-refractivity contribution in [2.75, 3.05) is 5.32 Å². The van der Waals surface area contributed by atoms with Gasteiger partial charge in [-0.2, -0.15) is 0 Å². The molecular weight excluding hydrogens is 364 g/mol. The normalized spacial score (nSPS) is 14.5. The highest BCUT2D eigenvalue weighted by Gasteiger charge is 2.56. The van der Waals surface area contributed by atoms with Crippen LogP contribution in [0, 0.1) is 5.41 Å². The molecule has 0 aromatic heterocycles. The fraction of sp³-hybridized carbons (Fsp3) is 0.333. The Morgan fingerprint density at radius 2 is 1.74 bits per heavy atom. The van der Waals surface area contributed by atoms with Gasteiger partial charge in [-0.05, 0) is 50.5 Å². The van der Waals surface area contributed by atoms with E-state index in [0.717, 1.165) is 5.56 Å². The van der Waals surface area contributed by atoms with Crippen molar-refractivity contribution in [3.63, 3.8) is 0 Å². The van der Waals surface area contributed by atoms with Gasteiger partial charge in [-0.3, -0.25) is 9.59 Å². The second kappa shape index (κ2) is 8.01. The van der Waals surface area contributed by atoms with Gasteiger partial charge in [-0.15, -0.1) is 0 Å². The van der Waals surface area contributed by atoms with E-state index in [-0.39, 0.29) is 17.9 Å². The number of carbonyl (C=O) groups excluding carboxylic acids is 2. The van der Waals surface area contributed by atoms with Crippen molar-refractivity contribution in [1.29, 1.82) is 0 Å². The molecule has 1 saturated carbocycles. The van der Waals surface area contributed by atoms with Crippen LogP contribution in [-0.2, 0) is 16.1 Å². The third kappa shape index (κ3) is 4.42. The van der Waals surface area contributed by atoms with Crippen molar-refractivity contribution in [1.82, 2.24) is 5.32 Å². The first-order valence-corrected chi connectivity index (χ1v) is 9.39. The third-order valence-electron chi connectivity index (χ3n) is 4.51. The molecule has 6 heteroatoms. The Morgan fingerprint density at radius 3 is 2.41 bits per heavy atom. The Labute approximate surface area is 164 Å². The number of rotatable bonds is 7. The molecule has 1 fully saturated rings. The standard InChI is InChI=1S/C21H23ClN2O3/c1-14(2)27-18-10-6-5-9-17(18)24-20(26)21(11-12-21)19(25)23-13-15-7-3-4-8-16(15)22/h3-10,14H,11-13H2,1-2H3,(H,23,25)(H,24,26). The Bertz CT molecular complexity index is 847. The summed E-state index contributed by atoms with van der Waals surface area (Å²) in [5.74, 6) is 0.00858. The lowest BCUT2D eigenvalue weighted by molar-refractivity contribution is -0.134. The molecule has 2 aromatic carbocycles. The number of anilines is 1. The molecule has 2 N–H and O–H groups in total. The Morgan fingerprint density at radius 1 is 1.07 bits per heavy atom. The van der Waals surface area contributed by atoms with Crippen LogP contribution < -0.4 is 15.4 Å². The van der Waals surface area contributed by atoms with E-state index < -0.39 is 5.41 Å². The highest BCUT2D eigenvalue weighted by atomic mass is 35.5. The molecule has 3 rings (SSSR count). The van der Waals surface area contributed by atoms with E-state index in [4.69, 9.17) is 16.3 Å². The van der Waals surface area contributed by atoms with Gasteiger partial charge in [-0.25, -0.2) is 0 Å². The monoisotopic (exact) mass is 386 g/mol. The molecule has 1 aliphatic carbocycles. The number of para-hydroxylation sites is 2. The Hall–Kier alpha value is -2.53. The van der Waals surface area contributed by atoms with E-state index in [1.807, 2.05) is 44.2 Å². The van der Waals surface area contributed by atoms with Crippen molar-refractivity contribution >= 4 is 29.1 Å². The van der Waals surface area contributed by atoms with Crippen molar-refractivity contribution in [2.45, 2.75) is 39.3 Å². The summed E-state index contributed by atoms with van der Waals surface area (Å²) in [4.78, 5) is 25.5. The summed E-state index contributed by atoms with van der Waals surface area (Å²) < 4.78 is 5.73. The minimum atomic E-state index is -1.02. The number of ether oxygens (including phenoxy) is 1. The van der Waals surface area contributed by atoms with Crippen molar-refractivity contribution < 1.29 is 14.3 Å². The molecule has 5 nitrogen and oxygen atoms in total. The van der Waals surface area contributed by atoms with Crippen LogP contribution in [0.4, 0.5) is 5.69 Å². The number of benzene rings is 2. The number of hydrogen-bond donors (Lipinski definition) is 2. The quantitative estimate of drug-likeness (QED) is 0.702. The van der Waals surface area contributed by atoms with Gasteiger partial charge in [0.05, 0.1) is 11.8 Å². The summed E-state index contributed by atoms with van der Waals surface area (Å²) in [7, 11) is 0. The van der Waals surface area contributed by atoms with Crippen molar-refractivity contribution in [3.8, 4) is 5.75 Å². The molecule has 0 radical (unpaired) electrons. The maximum atomic E-state index is 12.8. The molecule has 0 atom stereocenters. The molecule has 2 amide bonds. The topological polar surface area (TPSA) is 67.4 Å². The van der Waals surface area contributed by atoms with Gasteiger partial charge in [0.2, 0.25) is 11.8 Å². The zero-order chi connectivity index (χ0) is 19.4. The van der Waals surface area contributed by atoms with Gasteiger partial charge in [-0.1, -0.05) is 41.9 Å². The van der Waals surface area contributed by atoms with Crippen molar-refractivity contribution in [3.05, 3.63) is 59.1 Å². The van der Waals surface area contributed by atoms with Crippen molar-refractivity contribution in [2.24, 2.45) is 5.41 Å². The van der Waals surface area contributed by atoms with Crippen LogP contribution >= 0.6 is 11.6 Å². The predicted molar refractivity (Wildman–Crippen MR) is 106 cm³/mol. The predicted octanol–water partition coefficient (Wildman–Crippen LogP) is 4.16. The van der Waals surface area contributed by atoms with Crippen LogP contribution in [0.1, 0.15) is 32.3 Å². The molecule has 1 aliphatic rings. The summed E-state index contributed by atoms with van der Waals surface area (Å²) in [6.07, 6.45) is 1.04. The zero-order valence-corrected chi connectivity index (χ0v) is 16.2.